The second-order valence-electron chi connectivity index (χ2n) is 5.32. The lowest BCUT2D eigenvalue weighted by atomic mass is 9.96. The monoisotopic (exact) mass is 343 g/mol. The second kappa shape index (κ2) is 6.76. The predicted molar refractivity (Wildman–Crippen MR) is 82.7 cm³/mol. The fourth-order valence-corrected chi connectivity index (χ4v) is 3.22. The molecule has 0 aliphatic heterocycles. The van der Waals surface area contributed by atoms with Gasteiger partial charge in [-0.15, -0.1) is 0 Å². The molecule has 1 saturated carbocycles. The zero-order valence-corrected chi connectivity index (χ0v) is 13.4. The summed E-state index contributed by atoms with van der Waals surface area (Å²) in [4.78, 5) is 12.3. The zero-order chi connectivity index (χ0) is 13.8. The number of amides is 1. The zero-order valence-electron chi connectivity index (χ0n) is 11.1. The summed E-state index contributed by atoms with van der Waals surface area (Å²) in [7, 11) is 0. The van der Waals surface area contributed by atoms with Gasteiger partial charge >= 0.3 is 0 Å². The van der Waals surface area contributed by atoms with Crippen molar-refractivity contribution in [2.24, 2.45) is 5.92 Å². The average Bonchev–Trinajstić information content (AvgIpc) is 2.58. The van der Waals surface area contributed by atoms with Crippen molar-refractivity contribution in [2.45, 2.75) is 45.1 Å². The van der Waals surface area contributed by atoms with Crippen LogP contribution < -0.4 is 5.32 Å². The Morgan fingerprint density at radius 3 is 2.84 bits per heavy atom. The summed E-state index contributed by atoms with van der Waals surface area (Å²) in [6.07, 6.45) is 6.02. The number of hydrogen-bond acceptors (Lipinski definition) is 1. The molecule has 1 aromatic carbocycles. The molecule has 1 N–H and O–H groups in total. The van der Waals surface area contributed by atoms with Crippen LogP contribution in [0.25, 0.3) is 0 Å². The van der Waals surface area contributed by atoms with Crippen molar-refractivity contribution in [1.82, 2.24) is 5.32 Å². The highest BCUT2D eigenvalue weighted by atomic mass is 79.9. The molecule has 0 spiro atoms. The maximum absolute atomic E-state index is 12.3. The fraction of sp³-hybridized carbons (Fsp3) is 0.533. The van der Waals surface area contributed by atoms with Gasteiger partial charge in [-0.3, -0.25) is 4.79 Å². The van der Waals surface area contributed by atoms with E-state index < -0.39 is 0 Å². The highest BCUT2D eigenvalue weighted by Gasteiger charge is 2.22. The van der Waals surface area contributed by atoms with Gasteiger partial charge in [0, 0.05) is 15.5 Å². The van der Waals surface area contributed by atoms with E-state index in [0.29, 0.717) is 16.5 Å². The molecule has 2 nitrogen and oxygen atoms in total. The van der Waals surface area contributed by atoms with Crippen LogP contribution >= 0.6 is 27.5 Å². The molecule has 1 aromatic rings. The minimum Gasteiger partial charge on any atom is -0.349 e. The highest BCUT2D eigenvalue weighted by Crippen LogP contribution is 2.25. The Balaban J connectivity index is 2.09. The molecule has 0 bridgehead atoms. The molecule has 2 rings (SSSR count). The Bertz CT molecular complexity index is 463. The van der Waals surface area contributed by atoms with E-state index in [-0.39, 0.29) is 11.9 Å². The van der Waals surface area contributed by atoms with E-state index in [1.165, 1.54) is 25.7 Å². The topological polar surface area (TPSA) is 29.1 Å². The fourth-order valence-electron chi connectivity index (χ4n) is 2.63. The summed E-state index contributed by atoms with van der Waals surface area (Å²) in [5.41, 5.74) is 0.615. The van der Waals surface area contributed by atoms with Gasteiger partial charge in [-0.05, 0) is 52.9 Å². The van der Waals surface area contributed by atoms with Gasteiger partial charge in [-0.25, -0.2) is 0 Å². The first-order valence-corrected chi connectivity index (χ1v) is 8.01. The van der Waals surface area contributed by atoms with E-state index in [1.54, 1.807) is 12.1 Å². The van der Waals surface area contributed by atoms with Crippen molar-refractivity contribution < 1.29 is 4.79 Å². The van der Waals surface area contributed by atoms with Crippen LogP contribution in [0.5, 0.6) is 0 Å². The molecule has 2 unspecified atom stereocenters. The lowest BCUT2D eigenvalue weighted by Crippen LogP contribution is -2.39. The maximum atomic E-state index is 12.3. The number of hydrogen-bond donors (Lipinski definition) is 1. The van der Waals surface area contributed by atoms with Gasteiger partial charge in [0.25, 0.3) is 5.91 Å². The Morgan fingerprint density at radius 1 is 1.32 bits per heavy atom. The number of carbonyl (C=O) groups is 1. The van der Waals surface area contributed by atoms with Gasteiger partial charge in [0.2, 0.25) is 0 Å². The molecule has 1 aliphatic carbocycles. The van der Waals surface area contributed by atoms with E-state index in [4.69, 9.17) is 11.6 Å². The van der Waals surface area contributed by atoms with E-state index >= 15 is 0 Å². The van der Waals surface area contributed by atoms with Crippen molar-refractivity contribution in [3.63, 3.8) is 0 Å². The van der Waals surface area contributed by atoms with Gasteiger partial charge in [0.1, 0.15) is 0 Å². The average molecular weight is 345 g/mol. The minimum absolute atomic E-state index is 0.0341. The molecule has 2 atom stereocenters. The van der Waals surface area contributed by atoms with Crippen LogP contribution in [0.2, 0.25) is 5.02 Å². The number of halogens is 2. The van der Waals surface area contributed by atoms with E-state index in [9.17, 15) is 4.79 Å². The van der Waals surface area contributed by atoms with Crippen molar-refractivity contribution in [3.8, 4) is 0 Å². The third-order valence-corrected chi connectivity index (χ3v) is 4.78. The van der Waals surface area contributed by atoms with Crippen molar-refractivity contribution >= 4 is 33.4 Å². The smallest absolute Gasteiger partial charge is 0.252 e. The van der Waals surface area contributed by atoms with Gasteiger partial charge in [-0.1, -0.05) is 37.8 Å². The summed E-state index contributed by atoms with van der Waals surface area (Å²) in [6, 6.07) is 5.58. The van der Waals surface area contributed by atoms with E-state index in [2.05, 4.69) is 28.2 Å². The Hall–Kier alpha value is -0.540. The number of benzene rings is 1. The minimum atomic E-state index is -0.0341. The Morgan fingerprint density at radius 2 is 2.05 bits per heavy atom. The summed E-state index contributed by atoms with van der Waals surface area (Å²) in [5, 5.41) is 3.75. The van der Waals surface area contributed by atoms with Crippen molar-refractivity contribution in [3.05, 3.63) is 33.3 Å². The van der Waals surface area contributed by atoms with Crippen molar-refractivity contribution in [2.75, 3.05) is 0 Å². The van der Waals surface area contributed by atoms with Crippen LogP contribution in [0.4, 0.5) is 0 Å². The molecule has 104 valence electrons. The normalized spacial score (nSPS) is 23.7. The van der Waals surface area contributed by atoms with E-state index in [1.807, 2.05) is 6.07 Å². The predicted octanol–water partition coefficient (Wildman–Crippen LogP) is 4.80. The quantitative estimate of drug-likeness (QED) is 0.767. The molecular formula is C15H19BrClNO. The number of rotatable bonds is 2. The van der Waals surface area contributed by atoms with Gasteiger partial charge in [-0.2, -0.15) is 0 Å². The molecule has 0 saturated heterocycles. The SMILES string of the molecule is CC1CCCCCC1NC(=O)c1cc(Cl)ccc1Br. The van der Waals surface area contributed by atoms with Crippen LogP contribution in [0.15, 0.2) is 22.7 Å². The van der Waals surface area contributed by atoms with Crippen molar-refractivity contribution in [1.29, 1.82) is 0 Å². The maximum Gasteiger partial charge on any atom is 0.252 e. The molecule has 1 aliphatic rings. The summed E-state index contributed by atoms with van der Waals surface area (Å²) < 4.78 is 0.788. The molecule has 19 heavy (non-hydrogen) atoms. The molecule has 0 aromatic heterocycles. The van der Waals surface area contributed by atoms with Gasteiger partial charge in [0.15, 0.2) is 0 Å². The van der Waals surface area contributed by atoms with Gasteiger partial charge < -0.3 is 5.32 Å². The highest BCUT2D eigenvalue weighted by molar-refractivity contribution is 9.10. The number of carbonyl (C=O) groups excluding carboxylic acids is 1. The summed E-state index contributed by atoms with van der Waals surface area (Å²) in [5.74, 6) is 0.512. The third-order valence-electron chi connectivity index (χ3n) is 3.85. The van der Waals surface area contributed by atoms with Crippen LogP contribution in [-0.2, 0) is 0 Å². The molecule has 4 heteroatoms. The van der Waals surface area contributed by atoms with Crippen LogP contribution in [0, 0.1) is 5.92 Å². The Labute approximate surface area is 128 Å². The first kappa shape index (κ1) is 14.9. The summed E-state index contributed by atoms with van der Waals surface area (Å²) >= 11 is 9.36. The molecule has 0 radical (unpaired) electrons. The molecule has 0 heterocycles. The number of nitrogens with one attached hydrogen (secondary N) is 1. The largest absolute Gasteiger partial charge is 0.349 e. The van der Waals surface area contributed by atoms with Crippen LogP contribution in [0.1, 0.15) is 49.4 Å². The molecule has 1 fully saturated rings. The molecule has 1 amide bonds. The Kier molecular flexibility index (Phi) is 5.28. The lowest BCUT2D eigenvalue weighted by Gasteiger charge is -2.23. The first-order valence-electron chi connectivity index (χ1n) is 6.84. The first-order chi connectivity index (χ1) is 9.08. The third kappa shape index (κ3) is 3.96. The second-order valence-corrected chi connectivity index (χ2v) is 6.61. The van der Waals surface area contributed by atoms with Crippen LogP contribution in [0.3, 0.4) is 0 Å². The summed E-state index contributed by atoms with van der Waals surface area (Å²) in [6.45, 7) is 2.23. The standard InChI is InChI=1S/C15H19BrClNO/c1-10-5-3-2-4-6-14(10)18-15(19)12-9-11(17)7-8-13(12)16/h7-10,14H,2-6H2,1H3,(H,18,19). The molecular weight excluding hydrogens is 326 g/mol. The lowest BCUT2D eigenvalue weighted by molar-refractivity contribution is 0.0921. The van der Waals surface area contributed by atoms with Gasteiger partial charge in [0.05, 0.1) is 5.56 Å². The van der Waals surface area contributed by atoms with E-state index in [0.717, 1.165) is 10.9 Å². The van der Waals surface area contributed by atoms with Crippen LogP contribution in [-0.4, -0.2) is 11.9 Å².